The van der Waals surface area contributed by atoms with Gasteiger partial charge in [-0.15, -0.1) is 8.78 Å². The van der Waals surface area contributed by atoms with Crippen LogP contribution in [0.1, 0.15) is 111 Å². The maximum atomic E-state index is 13.8. The Labute approximate surface area is 435 Å². The minimum atomic E-state index is -5.71. The normalized spacial score (nSPS) is 16.7. The van der Waals surface area contributed by atoms with Crippen molar-refractivity contribution in [3.8, 4) is 0 Å². The van der Waals surface area contributed by atoms with E-state index in [1.165, 1.54) is 38.5 Å². The van der Waals surface area contributed by atoms with Gasteiger partial charge in [0.15, 0.2) is 6.10 Å². The Bertz CT molecular complexity index is 1430. The minimum absolute atomic E-state index is 0.285. The van der Waals surface area contributed by atoms with Crippen molar-refractivity contribution >= 4 is 33.6 Å². The van der Waals surface area contributed by atoms with E-state index in [1.54, 1.807) is 70.9 Å². The van der Waals surface area contributed by atoms with E-state index in [0.717, 1.165) is 32.2 Å². The Morgan fingerprint density at radius 2 is 1.00 bits per heavy atom. The van der Waals surface area contributed by atoms with Crippen molar-refractivity contribution in [2.45, 2.75) is 172 Å². The summed E-state index contributed by atoms with van der Waals surface area (Å²) in [6.07, 6.45) is -24.5. The van der Waals surface area contributed by atoms with Gasteiger partial charge in [-0.05, 0) is 44.4 Å². The second-order valence-electron chi connectivity index (χ2n) is 16.7. The summed E-state index contributed by atoms with van der Waals surface area (Å²) in [4.78, 5) is 11.6. The topological polar surface area (TPSA) is 156 Å². The fourth-order valence-corrected chi connectivity index (χ4v) is 9.65. The van der Waals surface area contributed by atoms with Crippen LogP contribution in [0.4, 0.5) is 61.5 Å². The molecule has 2 unspecified atom stereocenters. The third-order valence-corrected chi connectivity index (χ3v) is 15.7. The zero-order valence-electron chi connectivity index (χ0n) is 45.2. The number of Topliss-reactive ketones (excluding diaryl/α,β-unsaturated/α-hetero) is 1. The van der Waals surface area contributed by atoms with E-state index in [4.69, 9.17) is 39.8 Å². The van der Waals surface area contributed by atoms with Crippen molar-refractivity contribution in [2.75, 3.05) is 90.9 Å². The molecule has 0 aromatic heterocycles. The SMILES string of the molecule is CCC(F)(F)OC1CC(F)(F)C1OC(F)(F)CC(F)(F)COCC(F)(F)OC(F)(F)OC(F)(F)COC.CCCCC(CCCC)(CCC[Si](OC)(OC)OC)CCC(C)=O.CO[SiH](OC)OC.CO[SiH](OC)OC. The van der Waals surface area contributed by atoms with E-state index in [0.29, 0.717) is 19.3 Å². The monoisotopic (exact) mass is 1190 g/mol. The number of rotatable bonds is 39. The van der Waals surface area contributed by atoms with Gasteiger partial charge in [0.05, 0.1) is 0 Å². The van der Waals surface area contributed by atoms with Crippen LogP contribution in [0.2, 0.25) is 6.04 Å². The average Bonchev–Trinajstić information content (AvgIpc) is 3.30. The van der Waals surface area contributed by atoms with Crippen molar-refractivity contribution in [2.24, 2.45) is 5.41 Å². The van der Waals surface area contributed by atoms with Crippen molar-refractivity contribution in [1.29, 1.82) is 0 Å². The van der Waals surface area contributed by atoms with Gasteiger partial charge >= 0.3 is 58.6 Å². The Morgan fingerprint density at radius 3 is 1.35 bits per heavy atom. The molecule has 33 heteroatoms. The molecule has 1 saturated carbocycles. The number of carbonyl (C=O) groups is 1. The van der Waals surface area contributed by atoms with Crippen LogP contribution in [0.5, 0.6) is 0 Å². The van der Waals surface area contributed by atoms with E-state index in [-0.39, 0.29) is 5.41 Å². The predicted octanol–water partition coefficient (Wildman–Crippen LogP) is 10.5. The number of alkyl halides is 14. The maximum Gasteiger partial charge on any atom is 0.500 e. The van der Waals surface area contributed by atoms with Gasteiger partial charge in [0.25, 0.3) is 11.8 Å². The highest BCUT2D eigenvalue weighted by molar-refractivity contribution is 6.60. The molecule has 0 aromatic rings. The summed E-state index contributed by atoms with van der Waals surface area (Å²) in [6.45, 7) is 0.336. The lowest BCUT2D eigenvalue weighted by Gasteiger charge is -2.45. The number of carbonyl (C=O) groups excluding carboxylic acids is 1. The molecule has 2 atom stereocenters. The molecule has 0 radical (unpaired) electrons. The Kier molecular flexibility index (Phi) is 39.1. The number of halogens is 14. The van der Waals surface area contributed by atoms with E-state index >= 15 is 0 Å². The summed E-state index contributed by atoms with van der Waals surface area (Å²) in [5.41, 5.74) is 0.285. The fourth-order valence-electron chi connectivity index (χ4n) is 6.78. The van der Waals surface area contributed by atoms with E-state index in [9.17, 15) is 66.3 Å². The van der Waals surface area contributed by atoms with Crippen molar-refractivity contribution in [1.82, 2.24) is 0 Å². The van der Waals surface area contributed by atoms with Gasteiger partial charge in [-0.1, -0.05) is 46.5 Å². The zero-order valence-corrected chi connectivity index (χ0v) is 48.5. The Hall–Kier alpha value is -1.26. The first-order valence-corrected chi connectivity index (χ1v) is 28.0. The molecule has 0 heterocycles. The van der Waals surface area contributed by atoms with Gasteiger partial charge in [-0.3, -0.25) is 0 Å². The van der Waals surface area contributed by atoms with Crippen LogP contribution in [0.15, 0.2) is 0 Å². The van der Waals surface area contributed by atoms with E-state index in [1.807, 2.05) is 0 Å². The first kappa shape index (κ1) is 78.0. The third-order valence-electron chi connectivity index (χ3n) is 10.6. The molecule has 0 amide bonds. The zero-order chi connectivity index (χ0) is 59.0. The molecule has 0 bridgehead atoms. The Morgan fingerprint density at radius 1 is 0.573 bits per heavy atom. The number of hydrogen-bond acceptors (Lipinski definition) is 16. The van der Waals surface area contributed by atoms with Crippen LogP contribution in [-0.2, 0) is 73.0 Å². The molecule has 1 aliphatic rings. The molecule has 0 aliphatic heterocycles. The van der Waals surface area contributed by atoms with Crippen LogP contribution in [0.25, 0.3) is 0 Å². The molecule has 1 fully saturated rings. The maximum absolute atomic E-state index is 13.8. The lowest BCUT2D eigenvalue weighted by atomic mass is 9.71. The van der Waals surface area contributed by atoms with Crippen LogP contribution in [-0.4, -0.2) is 179 Å². The molecule has 0 N–H and O–H groups in total. The van der Waals surface area contributed by atoms with Crippen LogP contribution in [0.3, 0.4) is 0 Å². The van der Waals surface area contributed by atoms with Crippen molar-refractivity contribution < 1.29 is 135 Å². The molecule has 454 valence electrons. The summed E-state index contributed by atoms with van der Waals surface area (Å²) in [5.74, 6) is -8.72. The Balaban J connectivity index is -0.00000115. The van der Waals surface area contributed by atoms with E-state index < -0.39 is 122 Å². The third kappa shape index (κ3) is 35.2. The molecular formula is C42H80F14O16Si3. The van der Waals surface area contributed by atoms with Crippen LogP contribution >= 0.6 is 0 Å². The first-order chi connectivity index (χ1) is 34.5. The lowest BCUT2D eigenvalue weighted by molar-refractivity contribution is -0.518. The molecular weight excluding hydrogens is 1110 g/mol. The van der Waals surface area contributed by atoms with Gasteiger partial charge in [0.1, 0.15) is 38.1 Å². The summed E-state index contributed by atoms with van der Waals surface area (Å²) < 4.78 is 253. The summed E-state index contributed by atoms with van der Waals surface area (Å²) in [5, 5.41) is 0. The lowest BCUT2D eigenvalue weighted by Crippen LogP contribution is -2.62. The van der Waals surface area contributed by atoms with Crippen LogP contribution < -0.4 is 0 Å². The van der Waals surface area contributed by atoms with Gasteiger partial charge in [0.2, 0.25) is 0 Å². The van der Waals surface area contributed by atoms with Crippen molar-refractivity contribution in [3.05, 3.63) is 0 Å². The van der Waals surface area contributed by atoms with E-state index in [2.05, 4.69) is 42.3 Å². The van der Waals surface area contributed by atoms with Crippen LogP contribution in [0, 0.1) is 5.41 Å². The number of methoxy groups -OCH3 is 1. The van der Waals surface area contributed by atoms with Gasteiger partial charge in [0, 0.05) is 96.4 Å². The summed E-state index contributed by atoms with van der Waals surface area (Å²) in [7, 11) is 9.25. The molecule has 16 nitrogen and oxygen atoms in total. The summed E-state index contributed by atoms with van der Waals surface area (Å²) >= 11 is 0. The quantitative estimate of drug-likeness (QED) is 0.0325. The molecule has 75 heavy (non-hydrogen) atoms. The first-order valence-electron chi connectivity index (χ1n) is 23.3. The smallest absolute Gasteiger partial charge is 0.379 e. The molecule has 0 aromatic carbocycles. The number of unbranched alkanes of at least 4 members (excludes halogenated alkanes) is 2. The highest BCUT2D eigenvalue weighted by Crippen LogP contribution is 2.48. The standard InChI is InChI=1S/C19H40O4Si.C17H20F14O6.2C3H10O3Si/c1-7-9-13-19(14-10-8-2,16-12-18(3)20)15-11-17-24(21-4,22-5)23-6;1-3-13(22,23)34-9-4-12(20,21)10(9)35-14(24,25)5-11(18,19)6-33-8-16(28,29)37-17(30,31)36-15(26,27)7-32-2;2*1-4-7(5-2)6-3/h7-17H2,1-6H3;9-10H,3-8H2,1-2H3;2*7H,1-3H3. The average molecular weight is 1190 g/mol. The number of hydrogen-bond donors (Lipinski definition) is 0. The number of ether oxygens (including phenoxy) is 6. The minimum Gasteiger partial charge on any atom is -0.379 e. The van der Waals surface area contributed by atoms with Gasteiger partial charge in [-0.2, -0.15) is 35.1 Å². The molecule has 0 spiro atoms. The highest BCUT2D eigenvalue weighted by Gasteiger charge is 2.64. The largest absolute Gasteiger partial charge is 0.500 e. The number of ketones is 1. The molecule has 0 saturated heterocycles. The molecule has 1 aliphatic carbocycles. The van der Waals surface area contributed by atoms with Gasteiger partial charge in [-0.25, -0.2) is 27.0 Å². The second-order valence-corrected chi connectivity index (χ2v) is 23.8. The summed E-state index contributed by atoms with van der Waals surface area (Å²) in [6, 6.07) is 0.844. The highest BCUT2D eigenvalue weighted by atomic mass is 28.4. The molecule has 1 rings (SSSR count). The predicted molar refractivity (Wildman–Crippen MR) is 247 cm³/mol. The van der Waals surface area contributed by atoms with Gasteiger partial charge < -0.3 is 63.6 Å². The fraction of sp³-hybridized carbons (Fsp3) is 0.976. The second kappa shape index (κ2) is 37.6. The van der Waals surface area contributed by atoms with Crippen molar-refractivity contribution in [3.63, 3.8) is 0 Å².